The van der Waals surface area contributed by atoms with Crippen molar-refractivity contribution in [1.29, 1.82) is 0 Å². The first-order valence-electron chi connectivity index (χ1n) is 10.3. The molecule has 0 fully saturated rings. The Morgan fingerprint density at radius 3 is 2.72 bits per heavy atom. The molecular weight excluding hydrogens is 362 g/mol. The maximum absolute atomic E-state index is 10.8. The zero-order chi connectivity index (χ0) is 20.4. The number of aliphatic carboxylic acids is 1. The van der Waals surface area contributed by atoms with Crippen LogP contribution in [0.4, 0.5) is 0 Å². The third kappa shape index (κ3) is 3.99. The van der Waals surface area contributed by atoms with Crippen LogP contribution >= 0.6 is 0 Å². The molecule has 150 valence electrons. The van der Waals surface area contributed by atoms with Crippen LogP contribution in [0.25, 0.3) is 10.8 Å². The highest BCUT2D eigenvalue weighted by atomic mass is 16.5. The number of hydrogen-bond donors (Lipinski definition) is 2. The van der Waals surface area contributed by atoms with E-state index < -0.39 is 5.97 Å². The van der Waals surface area contributed by atoms with Crippen molar-refractivity contribution in [3.05, 3.63) is 76.9 Å². The molecule has 2 atom stereocenters. The lowest BCUT2D eigenvalue weighted by Gasteiger charge is -2.12. The number of nitrogens with two attached hydrogens (primary N) is 1. The number of aryl methyl sites for hydroxylation is 1. The van der Waals surface area contributed by atoms with E-state index in [9.17, 15) is 4.79 Å². The summed E-state index contributed by atoms with van der Waals surface area (Å²) in [4.78, 5) is 10.8. The van der Waals surface area contributed by atoms with Gasteiger partial charge in [0.05, 0.1) is 13.0 Å². The van der Waals surface area contributed by atoms with Crippen LogP contribution in [0.5, 0.6) is 5.75 Å². The molecule has 0 bridgehead atoms. The molecule has 0 spiro atoms. The molecule has 4 nitrogen and oxygen atoms in total. The Morgan fingerprint density at radius 1 is 1.14 bits per heavy atom. The SMILES string of the molecule is C[C@H](N)c1cccc2ccccc12.O=C(O)C[C@@H]1CCc2ccc3c(c21)CCO3. The van der Waals surface area contributed by atoms with Crippen molar-refractivity contribution in [3.63, 3.8) is 0 Å². The van der Waals surface area contributed by atoms with Crippen molar-refractivity contribution in [2.45, 2.75) is 44.6 Å². The molecular formula is C25H27NO3. The third-order valence-electron chi connectivity index (χ3n) is 5.92. The van der Waals surface area contributed by atoms with Crippen LogP contribution in [0.3, 0.4) is 0 Å². The Bertz CT molecular complexity index is 1040. The first-order chi connectivity index (χ1) is 14.0. The Balaban J connectivity index is 0.000000145. The standard InChI is InChI=1S/C13H14O3.C12H13N/c14-12(15)7-9-2-1-8-3-4-11-10(13(8)9)5-6-16-11;1-9(13)11-8-4-6-10-5-2-3-7-12(10)11/h3-4,9H,1-2,5-7H2,(H,14,15);2-9H,13H2,1H3/t2*9-/m00/s1. The molecule has 3 N–H and O–H groups in total. The van der Waals surface area contributed by atoms with Crippen molar-refractivity contribution < 1.29 is 14.6 Å². The summed E-state index contributed by atoms with van der Waals surface area (Å²) in [5.41, 5.74) is 11.0. The zero-order valence-corrected chi connectivity index (χ0v) is 16.7. The van der Waals surface area contributed by atoms with Gasteiger partial charge in [0.2, 0.25) is 0 Å². The lowest BCUT2D eigenvalue weighted by molar-refractivity contribution is -0.137. The summed E-state index contributed by atoms with van der Waals surface area (Å²) < 4.78 is 5.53. The number of ether oxygens (including phenoxy) is 1. The second-order valence-electron chi connectivity index (χ2n) is 7.90. The van der Waals surface area contributed by atoms with Gasteiger partial charge < -0.3 is 15.6 Å². The van der Waals surface area contributed by atoms with Gasteiger partial charge in [-0.2, -0.15) is 0 Å². The highest BCUT2D eigenvalue weighted by Gasteiger charge is 2.30. The van der Waals surface area contributed by atoms with E-state index in [1.165, 1.54) is 33.0 Å². The summed E-state index contributed by atoms with van der Waals surface area (Å²) in [6.45, 7) is 2.76. The molecule has 0 saturated heterocycles. The van der Waals surface area contributed by atoms with Crippen LogP contribution in [0.2, 0.25) is 0 Å². The lowest BCUT2D eigenvalue weighted by Crippen LogP contribution is -2.05. The van der Waals surface area contributed by atoms with Crippen molar-refractivity contribution in [2.75, 3.05) is 6.61 Å². The maximum atomic E-state index is 10.8. The number of benzene rings is 3. The molecule has 1 heterocycles. The molecule has 0 aromatic heterocycles. The number of carboxylic acid groups (broad SMARTS) is 1. The number of carboxylic acids is 1. The first kappa shape index (κ1) is 19.5. The zero-order valence-electron chi connectivity index (χ0n) is 16.7. The first-order valence-corrected chi connectivity index (χ1v) is 10.3. The molecule has 29 heavy (non-hydrogen) atoms. The number of hydrogen-bond acceptors (Lipinski definition) is 3. The smallest absolute Gasteiger partial charge is 0.303 e. The Hall–Kier alpha value is -2.85. The van der Waals surface area contributed by atoms with Gasteiger partial charge in [0.15, 0.2) is 0 Å². The fourth-order valence-electron chi connectivity index (χ4n) is 4.61. The Morgan fingerprint density at radius 2 is 1.93 bits per heavy atom. The molecule has 3 aromatic rings. The Kier molecular flexibility index (Phi) is 5.54. The van der Waals surface area contributed by atoms with Gasteiger partial charge in [-0.25, -0.2) is 0 Å². The molecule has 1 aliphatic heterocycles. The third-order valence-corrected chi connectivity index (χ3v) is 5.92. The van der Waals surface area contributed by atoms with Crippen LogP contribution in [-0.2, 0) is 17.6 Å². The van der Waals surface area contributed by atoms with E-state index in [4.69, 9.17) is 15.6 Å². The van der Waals surface area contributed by atoms with Crippen molar-refractivity contribution in [1.82, 2.24) is 0 Å². The molecule has 1 aliphatic carbocycles. The number of rotatable bonds is 3. The lowest BCUT2D eigenvalue weighted by atomic mass is 9.92. The van der Waals surface area contributed by atoms with E-state index in [1.807, 2.05) is 25.1 Å². The summed E-state index contributed by atoms with van der Waals surface area (Å²) >= 11 is 0. The predicted octanol–water partition coefficient (Wildman–Crippen LogP) is 4.99. The van der Waals surface area contributed by atoms with Gasteiger partial charge in [-0.3, -0.25) is 4.79 Å². The number of carbonyl (C=O) groups is 1. The predicted molar refractivity (Wildman–Crippen MR) is 116 cm³/mol. The minimum Gasteiger partial charge on any atom is -0.493 e. The molecule has 2 aliphatic rings. The minimum absolute atomic E-state index is 0.103. The molecule has 0 saturated carbocycles. The highest BCUT2D eigenvalue weighted by molar-refractivity contribution is 5.86. The van der Waals surface area contributed by atoms with Gasteiger partial charge in [-0.05, 0) is 59.2 Å². The number of fused-ring (bicyclic) bond motifs is 4. The average molecular weight is 389 g/mol. The van der Waals surface area contributed by atoms with E-state index in [0.717, 1.165) is 31.6 Å². The maximum Gasteiger partial charge on any atom is 0.303 e. The van der Waals surface area contributed by atoms with Crippen LogP contribution in [0.15, 0.2) is 54.6 Å². The van der Waals surface area contributed by atoms with Gasteiger partial charge in [-0.1, -0.05) is 48.5 Å². The molecule has 5 rings (SSSR count). The van der Waals surface area contributed by atoms with Crippen LogP contribution < -0.4 is 10.5 Å². The monoisotopic (exact) mass is 389 g/mol. The van der Waals surface area contributed by atoms with Gasteiger partial charge in [0.1, 0.15) is 5.75 Å². The van der Waals surface area contributed by atoms with E-state index in [2.05, 4.69) is 36.4 Å². The minimum atomic E-state index is -0.700. The van der Waals surface area contributed by atoms with Crippen LogP contribution in [-0.4, -0.2) is 17.7 Å². The van der Waals surface area contributed by atoms with Crippen molar-refractivity contribution in [2.24, 2.45) is 5.73 Å². The van der Waals surface area contributed by atoms with Crippen molar-refractivity contribution >= 4 is 16.7 Å². The Labute approximate surface area is 171 Å². The fourth-order valence-corrected chi connectivity index (χ4v) is 4.61. The largest absolute Gasteiger partial charge is 0.493 e. The fraction of sp³-hybridized carbons (Fsp3) is 0.320. The summed E-state index contributed by atoms with van der Waals surface area (Å²) in [6.07, 6.45) is 3.18. The van der Waals surface area contributed by atoms with E-state index >= 15 is 0 Å². The van der Waals surface area contributed by atoms with Gasteiger partial charge in [0.25, 0.3) is 0 Å². The van der Waals surface area contributed by atoms with Crippen molar-refractivity contribution in [3.8, 4) is 5.75 Å². The van der Waals surface area contributed by atoms with E-state index in [1.54, 1.807) is 0 Å². The van der Waals surface area contributed by atoms with Gasteiger partial charge in [0, 0.05) is 18.0 Å². The normalized spacial score (nSPS) is 17.7. The summed E-state index contributed by atoms with van der Waals surface area (Å²) in [5.74, 6) is 0.467. The van der Waals surface area contributed by atoms with Crippen LogP contribution in [0, 0.1) is 0 Å². The van der Waals surface area contributed by atoms with Gasteiger partial charge in [-0.15, -0.1) is 0 Å². The van der Waals surface area contributed by atoms with Gasteiger partial charge >= 0.3 is 5.97 Å². The van der Waals surface area contributed by atoms with Crippen LogP contribution in [0.1, 0.15) is 54.0 Å². The summed E-state index contributed by atoms with van der Waals surface area (Å²) in [7, 11) is 0. The molecule has 3 aromatic carbocycles. The molecule has 4 heteroatoms. The average Bonchev–Trinajstić information content (AvgIpc) is 3.34. The molecule has 0 amide bonds. The molecule has 0 unspecified atom stereocenters. The van der Waals surface area contributed by atoms with E-state index in [-0.39, 0.29) is 18.4 Å². The topological polar surface area (TPSA) is 72.6 Å². The van der Waals surface area contributed by atoms with E-state index in [0.29, 0.717) is 0 Å². The second kappa shape index (κ2) is 8.26. The second-order valence-corrected chi connectivity index (χ2v) is 7.90. The molecule has 0 radical (unpaired) electrons. The summed E-state index contributed by atoms with van der Waals surface area (Å²) in [5, 5.41) is 11.4. The highest BCUT2D eigenvalue weighted by Crippen LogP contribution is 2.43. The summed E-state index contributed by atoms with van der Waals surface area (Å²) in [6, 6.07) is 18.8. The quantitative estimate of drug-likeness (QED) is 0.662.